The van der Waals surface area contributed by atoms with E-state index < -0.39 is 4.92 Å². The molecule has 1 atom stereocenters. The van der Waals surface area contributed by atoms with Gasteiger partial charge in [0.05, 0.1) is 18.1 Å². The molecule has 0 aromatic heterocycles. The Balaban J connectivity index is 1.75. The maximum absolute atomic E-state index is 13.4. The van der Waals surface area contributed by atoms with E-state index in [0.717, 1.165) is 25.7 Å². The Morgan fingerprint density at radius 1 is 1.19 bits per heavy atom. The van der Waals surface area contributed by atoms with Gasteiger partial charge in [-0.25, -0.2) is 0 Å². The summed E-state index contributed by atoms with van der Waals surface area (Å²) >= 11 is 0. The average molecular weight is 352 g/mol. The Morgan fingerprint density at radius 2 is 1.96 bits per heavy atom. The number of aryl methyl sites for hydroxylation is 1. The summed E-state index contributed by atoms with van der Waals surface area (Å²) in [5.74, 6) is 0.168. The van der Waals surface area contributed by atoms with Gasteiger partial charge >= 0.3 is 0 Å². The number of benzene rings is 2. The predicted molar refractivity (Wildman–Crippen MR) is 96.3 cm³/mol. The molecule has 0 bridgehead atoms. The second-order valence-electron chi connectivity index (χ2n) is 6.84. The molecule has 1 saturated carbocycles. The number of rotatable bonds is 5. The van der Waals surface area contributed by atoms with Crippen LogP contribution in [0.1, 0.15) is 46.8 Å². The van der Waals surface area contributed by atoms with Crippen LogP contribution in [0, 0.1) is 10.1 Å². The number of carbonyl (C=O) groups is 1. The average Bonchev–Trinajstić information content (AvgIpc) is 3.41. The summed E-state index contributed by atoms with van der Waals surface area (Å²) in [5.41, 5.74) is 2.35. The Hall–Kier alpha value is -2.89. The van der Waals surface area contributed by atoms with Gasteiger partial charge in [0.25, 0.3) is 11.6 Å². The molecule has 0 saturated heterocycles. The normalized spacial score (nSPS) is 18.3. The minimum absolute atomic E-state index is 0.0167. The van der Waals surface area contributed by atoms with Gasteiger partial charge in [-0.1, -0.05) is 24.3 Å². The van der Waals surface area contributed by atoms with E-state index in [1.165, 1.54) is 36.4 Å². The summed E-state index contributed by atoms with van der Waals surface area (Å²) in [5, 5.41) is 11.4. The lowest BCUT2D eigenvalue weighted by atomic mass is 10.0. The number of hydrogen-bond donors (Lipinski definition) is 0. The number of amides is 1. The summed E-state index contributed by atoms with van der Waals surface area (Å²) < 4.78 is 5.18. The van der Waals surface area contributed by atoms with Crippen LogP contribution in [0.3, 0.4) is 0 Å². The van der Waals surface area contributed by atoms with Crippen molar-refractivity contribution in [3.8, 4) is 5.75 Å². The molecule has 1 fully saturated rings. The molecule has 0 aliphatic heterocycles. The molecule has 6 heteroatoms. The van der Waals surface area contributed by atoms with Crippen molar-refractivity contribution in [3.63, 3.8) is 0 Å². The van der Waals surface area contributed by atoms with Crippen molar-refractivity contribution in [1.29, 1.82) is 0 Å². The molecule has 0 N–H and O–H groups in total. The Morgan fingerprint density at radius 3 is 2.65 bits per heavy atom. The maximum Gasteiger partial charge on any atom is 0.282 e. The number of hydrogen-bond acceptors (Lipinski definition) is 4. The van der Waals surface area contributed by atoms with Crippen molar-refractivity contribution in [1.82, 2.24) is 4.90 Å². The zero-order valence-corrected chi connectivity index (χ0v) is 14.6. The number of nitrogens with zero attached hydrogens (tertiary/aromatic N) is 2. The van der Waals surface area contributed by atoms with Crippen LogP contribution < -0.4 is 4.74 Å². The summed E-state index contributed by atoms with van der Waals surface area (Å²) in [4.78, 5) is 26.2. The van der Waals surface area contributed by atoms with Crippen LogP contribution in [0.5, 0.6) is 5.75 Å². The molecule has 2 aromatic carbocycles. The fraction of sp³-hybridized carbons (Fsp3) is 0.350. The molecule has 6 nitrogen and oxygen atoms in total. The lowest BCUT2D eigenvalue weighted by Crippen LogP contribution is -2.36. The second-order valence-corrected chi connectivity index (χ2v) is 6.84. The number of ether oxygens (including phenoxy) is 1. The highest BCUT2D eigenvalue weighted by molar-refractivity contribution is 5.99. The lowest BCUT2D eigenvalue weighted by Gasteiger charge is -2.30. The van der Waals surface area contributed by atoms with Gasteiger partial charge in [0.2, 0.25) is 0 Å². The largest absolute Gasteiger partial charge is 0.497 e. The highest BCUT2D eigenvalue weighted by Crippen LogP contribution is 2.43. The van der Waals surface area contributed by atoms with E-state index in [0.29, 0.717) is 5.75 Å². The summed E-state index contributed by atoms with van der Waals surface area (Å²) in [6, 6.07) is 12.6. The van der Waals surface area contributed by atoms with Gasteiger partial charge in [0.1, 0.15) is 11.3 Å². The van der Waals surface area contributed by atoms with Crippen molar-refractivity contribution in [2.24, 2.45) is 0 Å². The van der Waals surface area contributed by atoms with Gasteiger partial charge in [0.15, 0.2) is 0 Å². The summed E-state index contributed by atoms with van der Waals surface area (Å²) in [6.45, 7) is 0. The molecule has 26 heavy (non-hydrogen) atoms. The van der Waals surface area contributed by atoms with E-state index in [-0.39, 0.29) is 29.2 Å². The van der Waals surface area contributed by atoms with Crippen LogP contribution in [0.25, 0.3) is 0 Å². The van der Waals surface area contributed by atoms with Crippen molar-refractivity contribution in [2.45, 2.75) is 37.8 Å². The smallest absolute Gasteiger partial charge is 0.282 e. The highest BCUT2D eigenvalue weighted by atomic mass is 16.6. The molecule has 0 radical (unpaired) electrons. The van der Waals surface area contributed by atoms with Crippen LogP contribution in [0.4, 0.5) is 5.69 Å². The molecular weight excluding hydrogens is 332 g/mol. The molecule has 2 aliphatic carbocycles. The molecule has 2 aliphatic rings. The van der Waals surface area contributed by atoms with E-state index in [1.54, 1.807) is 0 Å². The molecular formula is C20H20N2O4. The van der Waals surface area contributed by atoms with E-state index in [2.05, 4.69) is 12.1 Å². The van der Waals surface area contributed by atoms with Gasteiger partial charge in [-0.15, -0.1) is 0 Å². The first-order chi connectivity index (χ1) is 12.6. The van der Waals surface area contributed by atoms with Crippen LogP contribution in [0.15, 0.2) is 42.5 Å². The highest BCUT2D eigenvalue weighted by Gasteiger charge is 2.42. The van der Waals surface area contributed by atoms with Crippen molar-refractivity contribution in [3.05, 3.63) is 69.3 Å². The van der Waals surface area contributed by atoms with Crippen molar-refractivity contribution in [2.75, 3.05) is 7.11 Å². The van der Waals surface area contributed by atoms with Gasteiger partial charge in [-0.2, -0.15) is 0 Å². The van der Waals surface area contributed by atoms with Crippen LogP contribution in [-0.4, -0.2) is 28.9 Å². The molecule has 0 spiro atoms. The maximum atomic E-state index is 13.4. The number of carbonyl (C=O) groups excluding carboxylic acids is 1. The van der Waals surface area contributed by atoms with E-state index >= 15 is 0 Å². The summed E-state index contributed by atoms with van der Waals surface area (Å²) in [6.07, 6.45) is 3.68. The fourth-order valence-electron chi connectivity index (χ4n) is 3.85. The first kappa shape index (κ1) is 16.6. The van der Waals surface area contributed by atoms with E-state index in [4.69, 9.17) is 4.74 Å². The third-order valence-electron chi connectivity index (χ3n) is 5.24. The molecule has 0 heterocycles. The molecule has 2 aromatic rings. The number of nitro groups is 1. The van der Waals surface area contributed by atoms with Gasteiger partial charge in [0, 0.05) is 12.1 Å². The van der Waals surface area contributed by atoms with E-state index in [1.807, 2.05) is 17.0 Å². The van der Waals surface area contributed by atoms with Crippen LogP contribution in [0.2, 0.25) is 0 Å². The first-order valence-corrected chi connectivity index (χ1v) is 8.83. The predicted octanol–water partition coefficient (Wildman–Crippen LogP) is 3.90. The molecule has 134 valence electrons. The Bertz CT molecular complexity index is 876. The topological polar surface area (TPSA) is 72.7 Å². The number of nitro benzene ring substituents is 1. The van der Waals surface area contributed by atoms with E-state index in [9.17, 15) is 14.9 Å². The molecule has 4 rings (SSSR count). The Labute approximate surface area is 151 Å². The lowest BCUT2D eigenvalue weighted by molar-refractivity contribution is -0.385. The minimum atomic E-state index is -0.500. The zero-order valence-electron chi connectivity index (χ0n) is 14.6. The molecule has 0 unspecified atom stereocenters. The summed E-state index contributed by atoms with van der Waals surface area (Å²) in [7, 11) is 1.49. The first-order valence-electron chi connectivity index (χ1n) is 8.83. The van der Waals surface area contributed by atoms with Crippen molar-refractivity contribution < 1.29 is 14.5 Å². The van der Waals surface area contributed by atoms with Gasteiger partial charge < -0.3 is 9.64 Å². The Kier molecular flexibility index (Phi) is 4.11. The fourth-order valence-corrected chi connectivity index (χ4v) is 3.85. The minimum Gasteiger partial charge on any atom is -0.497 e. The van der Waals surface area contributed by atoms with Gasteiger partial charge in [-0.05, 0) is 48.9 Å². The second kappa shape index (κ2) is 6.44. The number of methoxy groups -OCH3 is 1. The quantitative estimate of drug-likeness (QED) is 0.604. The van der Waals surface area contributed by atoms with Crippen LogP contribution in [-0.2, 0) is 6.42 Å². The third-order valence-corrected chi connectivity index (χ3v) is 5.24. The van der Waals surface area contributed by atoms with Gasteiger partial charge in [-0.3, -0.25) is 14.9 Å². The standard InChI is InChI=1S/C20H20N2O4/c1-26-15-9-11-19(22(24)25)17(12-15)20(23)21(14-7-8-14)18-10-6-13-4-2-3-5-16(13)18/h2-5,9,11-12,14,18H,6-8,10H2,1H3/t18-/m0/s1. The SMILES string of the molecule is COc1ccc([N+](=O)[O-])c(C(=O)N(C2CC2)[C@H]2CCc3ccccc32)c1. The third kappa shape index (κ3) is 2.81. The monoisotopic (exact) mass is 352 g/mol. The molecule has 1 amide bonds. The van der Waals surface area contributed by atoms with Crippen LogP contribution >= 0.6 is 0 Å². The number of fused-ring (bicyclic) bond motifs is 1. The van der Waals surface area contributed by atoms with Crippen molar-refractivity contribution >= 4 is 11.6 Å². The zero-order chi connectivity index (χ0) is 18.3.